The van der Waals surface area contributed by atoms with Crippen molar-refractivity contribution in [3.05, 3.63) is 53.6 Å². The summed E-state index contributed by atoms with van der Waals surface area (Å²) in [5, 5.41) is 2.77. The third-order valence-corrected chi connectivity index (χ3v) is 4.49. The van der Waals surface area contributed by atoms with Crippen molar-refractivity contribution in [3.63, 3.8) is 0 Å². The number of carbonyl (C=O) groups excluding carboxylic acids is 1. The van der Waals surface area contributed by atoms with Crippen LogP contribution in [0.2, 0.25) is 0 Å². The predicted molar refractivity (Wildman–Crippen MR) is 93.3 cm³/mol. The highest BCUT2D eigenvalue weighted by atomic mass is 32.2. The molecule has 1 amide bonds. The van der Waals surface area contributed by atoms with Gasteiger partial charge < -0.3 is 14.8 Å². The maximum absolute atomic E-state index is 13.5. The fraction of sp³-hybridized carbons (Fsp3) is 0.278. The molecule has 0 spiro atoms. The minimum atomic E-state index is -0.664. The predicted octanol–water partition coefficient (Wildman–Crippen LogP) is 3.43. The Bertz CT molecular complexity index is 740. The van der Waals surface area contributed by atoms with Crippen molar-refractivity contribution in [1.29, 1.82) is 0 Å². The van der Waals surface area contributed by atoms with Gasteiger partial charge in [0.1, 0.15) is 11.6 Å². The van der Waals surface area contributed by atoms with E-state index in [0.29, 0.717) is 24.5 Å². The molecular formula is C18H19F2NO3S. The summed E-state index contributed by atoms with van der Waals surface area (Å²) >= 11 is 1.03. The largest absolute Gasteiger partial charge is 0.493 e. The number of nitrogens with one attached hydrogen (secondary N) is 1. The molecule has 0 fully saturated rings. The van der Waals surface area contributed by atoms with E-state index in [1.165, 1.54) is 12.1 Å². The topological polar surface area (TPSA) is 47.6 Å². The Morgan fingerprint density at radius 2 is 1.84 bits per heavy atom. The molecule has 0 saturated heterocycles. The standard InChI is InChI=1S/C18H19F2NO3S/c1-23-15-5-3-12(9-16(15)24-2)7-8-21-18(22)11-25-17-6-4-13(19)10-14(17)20/h3-6,9-10H,7-8,11H2,1-2H3,(H,21,22). The van der Waals surface area contributed by atoms with Crippen molar-refractivity contribution in [2.24, 2.45) is 0 Å². The summed E-state index contributed by atoms with van der Waals surface area (Å²) in [6, 6.07) is 8.86. The minimum absolute atomic E-state index is 0.0640. The van der Waals surface area contributed by atoms with Crippen LogP contribution >= 0.6 is 11.8 Å². The molecule has 0 atom stereocenters. The highest BCUT2D eigenvalue weighted by Crippen LogP contribution is 2.27. The van der Waals surface area contributed by atoms with Gasteiger partial charge in [-0.05, 0) is 36.2 Å². The van der Waals surface area contributed by atoms with Crippen LogP contribution in [0.25, 0.3) is 0 Å². The molecular weight excluding hydrogens is 348 g/mol. The SMILES string of the molecule is COc1ccc(CCNC(=O)CSc2ccc(F)cc2F)cc1OC. The van der Waals surface area contributed by atoms with Gasteiger partial charge in [-0.1, -0.05) is 6.07 Å². The Labute approximate surface area is 149 Å². The van der Waals surface area contributed by atoms with Gasteiger partial charge in [-0.25, -0.2) is 8.78 Å². The van der Waals surface area contributed by atoms with Crippen molar-refractivity contribution in [2.75, 3.05) is 26.5 Å². The zero-order chi connectivity index (χ0) is 18.2. The molecule has 7 heteroatoms. The van der Waals surface area contributed by atoms with E-state index >= 15 is 0 Å². The summed E-state index contributed by atoms with van der Waals surface area (Å²) in [7, 11) is 3.13. The van der Waals surface area contributed by atoms with Crippen LogP contribution in [0, 0.1) is 11.6 Å². The Hall–Kier alpha value is -2.28. The highest BCUT2D eigenvalue weighted by Gasteiger charge is 2.08. The van der Waals surface area contributed by atoms with E-state index < -0.39 is 11.6 Å². The number of thioether (sulfide) groups is 1. The molecule has 0 heterocycles. The van der Waals surface area contributed by atoms with Gasteiger partial charge in [0.2, 0.25) is 5.91 Å². The third-order valence-electron chi connectivity index (χ3n) is 3.44. The van der Waals surface area contributed by atoms with Crippen molar-refractivity contribution in [1.82, 2.24) is 5.32 Å². The Morgan fingerprint density at radius 3 is 2.52 bits per heavy atom. The smallest absolute Gasteiger partial charge is 0.230 e. The van der Waals surface area contributed by atoms with Crippen LogP contribution in [0.3, 0.4) is 0 Å². The van der Waals surface area contributed by atoms with E-state index in [4.69, 9.17) is 9.47 Å². The lowest BCUT2D eigenvalue weighted by Gasteiger charge is -2.10. The van der Waals surface area contributed by atoms with Crippen molar-refractivity contribution in [3.8, 4) is 11.5 Å². The van der Waals surface area contributed by atoms with Gasteiger partial charge in [0.25, 0.3) is 0 Å². The molecule has 0 radical (unpaired) electrons. The van der Waals surface area contributed by atoms with Gasteiger partial charge in [0.15, 0.2) is 11.5 Å². The third kappa shape index (κ3) is 5.63. The number of halogens is 2. The maximum Gasteiger partial charge on any atom is 0.230 e. The second-order valence-electron chi connectivity index (χ2n) is 5.15. The molecule has 0 unspecified atom stereocenters. The lowest BCUT2D eigenvalue weighted by atomic mass is 10.1. The van der Waals surface area contributed by atoms with Crippen LogP contribution in [0.5, 0.6) is 11.5 Å². The van der Waals surface area contributed by atoms with Crippen LogP contribution in [0.1, 0.15) is 5.56 Å². The van der Waals surface area contributed by atoms with Gasteiger partial charge in [0.05, 0.1) is 20.0 Å². The monoisotopic (exact) mass is 367 g/mol. The fourth-order valence-electron chi connectivity index (χ4n) is 2.17. The molecule has 0 aliphatic carbocycles. The molecule has 0 aliphatic rings. The Balaban J connectivity index is 1.78. The molecule has 0 bridgehead atoms. The molecule has 2 rings (SSSR count). The quantitative estimate of drug-likeness (QED) is 0.726. The Kier molecular flexibility index (Phi) is 7.06. The molecule has 2 aromatic carbocycles. The molecule has 25 heavy (non-hydrogen) atoms. The minimum Gasteiger partial charge on any atom is -0.493 e. The lowest BCUT2D eigenvalue weighted by Crippen LogP contribution is -2.27. The van der Waals surface area contributed by atoms with E-state index in [0.717, 1.165) is 23.4 Å². The number of hydrogen-bond donors (Lipinski definition) is 1. The average molecular weight is 367 g/mol. The van der Waals surface area contributed by atoms with Gasteiger partial charge in [-0.15, -0.1) is 11.8 Å². The number of methoxy groups -OCH3 is 2. The number of carbonyl (C=O) groups is 1. The summed E-state index contributed by atoms with van der Waals surface area (Å²) < 4.78 is 36.7. The zero-order valence-corrected chi connectivity index (χ0v) is 14.8. The van der Waals surface area contributed by atoms with Crippen LogP contribution in [0.4, 0.5) is 8.78 Å². The summed E-state index contributed by atoms with van der Waals surface area (Å²) in [4.78, 5) is 12.1. The number of benzene rings is 2. The zero-order valence-electron chi connectivity index (χ0n) is 14.0. The first-order valence-corrected chi connectivity index (χ1v) is 8.57. The second-order valence-corrected chi connectivity index (χ2v) is 6.17. The van der Waals surface area contributed by atoms with Crippen molar-refractivity contribution < 1.29 is 23.0 Å². The van der Waals surface area contributed by atoms with Crippen molar-refractivity contribution >= 4 is 17.7 Å². The van der Waals surface area contributed by atoms with E-state index in [1.807, 2.05) is 18.2 Å². The number of hydrogen-bond acceptors (Lipinski definition) is 4. The molecule has 0 aromatic heterocycles. The van der Waals surface area contributed by atoms with E-state index in [2.05, 4.69) is 5.32 Å². The first-order valence-electron chi connectivity index (χ1n) is 7.59. The van der Waals surface area contributed by atoms with Crippen LogP contribution in [-0.2, 0) is 11.2 Å². The van der Waals surface area contributed by atoms with Crippen LogP contribution < -0.4 is 14.8 Å². The summed E-state index contributed by atoms with van der Waals surface area (Å²) in [6.07, 6.45) is 0.627. The van der Waals surface area contributed by atoms with Crippen LogP contribution in [0.15, 0.2) is 41.3 Å². The second kappa shape index (κ2) is 9.27. The first kappa shape index (κ1) is 19.1. The lowest BCUT2D eigenvalue weighted by molar-refractivity contribution is -0.118. The number of amides is 1. The normalized spacial score (nSPS) is 10.4. The molecule has 0 aliphatic heterocycles. The van der Waals surface area contributed by atoms with Gasteiger partial charge in [0, 0.05) is 17.5 Å². The number of ether oxygens (including phenoxy) is 2. The molecule has 0 saturated carbocycles. The molecule has 4 nitrogen and oxygen atoms in total. The van der Waals surface area contributed by atoms with Crippen molar-refractivity contribution in [2.45, 2.75) is 11.3 Å². The average Bonchev–Trinajstić information content (AvgIpc) is 2.60. The van der Waals surface area contributed by atoms with Gasteiger partial charge in [-0.2, -0.15) is 0 Å². The van der Waals surface area contributed by atoms with E-state index in [9.17, 15) is 13.6 Å². The molecule has 1 N–H and O–H groups in total. The first-order chi connectivity index (χ1) is 12.0. The van der Waals surface area contributed by atoms with Crippen LogP contribution in [-0.4, -0.2) is 32.4 Å². The molecule has 2 aromatic rings. The maximum atomic E-state index is 13.5. The fourth-order valence-corrected chi connectivity index (χ4v) is 2.92. The summed E-state index contributed by atoms with van der Waals surface area (Å²) in [6.45, 7) is 0.445. The Morgan fingerprint density at radius 1 is 1.08 bits per heavy atom. The number of rotatable bonds is 8. The highest BCUT2D eigenvalue weighted by molar-refractivity contribution is 8.00. The van der Waals surface area contributed by atoms with E-state index in [-0.39, 0.29) is 16.6 Å². The summed E-state index contributed by atoms with van der Waals surface area (Å²) in [5.74, 6) is -0.172. The molecule has 134 valence electrons. The van der Waals surface area contributed by atoms with Gasteiger partial charge in [-0.3, -0.25) is 4.79 Å². The van der Waals surface area contributed by atoms with Gasteiger partial charge >= 0.3 is 0 Å². The summed E-state index contributed by atoms with van der Waals surface area (Å²) in [5.41, 5.74) is 0.996. The van der Waals surface area contributed by atoms with E-state index in [1.54, 1.807) is 14.2 Å².